The van der Waals surface area contributed by atoms with Crippen molar-refractivity contribution in [1.82, 2.24) is 0 Å². The van der Waals surface area contributed by atoms with Gasteiger partial charge in [-0.3, -0.25) is 4.79 Å². The third-order valence-electron chi connectivity index (χ3n) is 1.79. The van der Waals surface area contributed by atoms with Crippen LogP contribution in [0.15, 0.2) is 18.2 Å². The average molecular weight is 213 g/mol. The number of amides is 1. The van der Waals surface area contributed by atoms with Gasteiger partial charge < -0.3 is 11.1 Å². The fourth-order valence-electron chi connectivity index (χ4n) is 0.891. The molecule has 0 aliphatic rings. The van der Waals surface area contributed by atoms with E-state index in [-0.39, 0.29) is 11.8 Å². The highest BCUT2D eigenvalue weighted by Crippen LogP contribution is 2.22. The Kier molecular flexibility index (Phi) is 3.36. The average Bonchev–Trinajstić information content (AvgIpc) is 2.11. The quantitative estimate of drug-likeness (QED) is 0.741. The number of nitrogen functional groups attached to an aromatic ring is 1. The normalized spacial score (nSPS) is 10.3. The first-order valence-electron chi connectivity index (χ1n) is 4.36. The predicted octanol–water partition coefficient (Wildman–Crippen LogP) is 2.52. The molecule has 0 saturated carbocycles. The van der Waals surface area contributed by atoms with Crippen molar-refractivity contribution in [3.63, 3.8) is 0 Å². The lowest BCUT2D eigenvalue weighted by molar-refractivity contribution is -0.118. The van der Waals surface area contributed by atoms with Gasteiger partial charge in [-0.15, -0.1) is 0 Å². The molecule has 0 aliphatic carbocycles. The van der Waals surface area contributed by atoms with Gasteiger partial charge in [-0.05, 0) is 18.2 Å². The zero-order chi connectivity index (χ0) is 10.7. The summed E-state index contributed by atoms with van der Waals surface area (Å²) >= 11 is 5.80. The van der Waals surface area contributed by atoms with Crippen LogP contribution in [0.2, 0.25) is 5.02 Å². The van der Waals surface area contributed by atoms with Crippen LogP contribution in [0.1, 0.15) is 13.8 Å². The van der Waals surface area contributed by atoms with Crippen LogP contribution in [0, 0.1) is 5.92 Å². The smallest absolute Gasteiger partial charge is 0.226 e. The summed E-state index contributed by atoms with van der Waals surface area (Å²) in [4.78, 5) is 11.3. The van der Waals surface area contributed by atoms with E-state index in [1.165, 1.54) is 0 Å². The second-order valence-corrected chi connectivity index (χ2v) is 3.79. The fourth-order valence-corrected chi connectivity index (χ4v) is 1.07. The standard InChI is InChI=1S/C10H13ClN2O/c1-6(2)10(14)13-7-3-4-9(12)8(11)5-7/h3-6H,12H2,1-2H3,(H,13,14). The van der Waals surface area contributed by atoms with Crippen molar-refractivity contribution in [3.05, 3.63) is 23.2 Å². The van der Waals surface area contributed by atoms with Crippen LogP contribution >= 0.6 is 11.6 Å². The molecule has 0 aliphatic heterocycles. The Balaban J connectivity index is 2.78. The Morgan fingerprint density at radius 3 is 2.64 bits per heavy atom. The Labute approximate surface area is 88.2 Å². The molecule has 3 N–H and O–H groups in total. The van der Waals surface area contributed by atoms with E-state index < -0.39 is 0 Å². The molecule has 0 unspecified atom stereocenters. The van der Waals surface area contributed by atoms with E-state index in [0.717, 1.165) is 0 Å². The molecule has 3 nitrogen and oxygen atoms in total. The molecule has 1 rings (SSSR count). The van der Waals surface area contributed by atoms with Gasteiger partial charge in [0, 0.05) is 11.6 Å². The van der Waals surface area contributed by atoms with Crippen molar-refractivity contribution in [1.29, 1.82) is 0 Å². The summed E-state index contributed by atoms with van der Waals surface area (Å²) in [5, 5.41) is 3.18. The molecule has 4 heteroatoms. The number of benzene rings is 1. The van der Waals surface area contributed by atoms with Gasteiger partial charge in [-0.1, -0.05) is 25.4 Å². The second kappa shape index (κ2) is 4.33. The summed E-state index contributed by atoms with van der Waals surface area (Å²) in [6, 6.07) is 5.02. The molecule has 0 spiro atoms. The molecule has 0 aromatic heterocycles. The highest BCUT2D eigenvalue weighted by Gasteiger charge is 2.07. The SMILES string of the molecule is CC(C)C(=O)Nc1ccc(N)c(Cl)c1. The second-order valence-electron chi connectivity index (χ2n) is 3.38. The number of hydrogen-bond donors (Lipinski definition) is 2. The van der Waals surface area contributed by atoms with Crippen molar-refractivity contribution >= 4 is 28.9 Å². The lowest BCUT2D eigenvalue weighted by Gasteiger charge is -2.08. The van der Waals surface area contributed by atoms with E-state index in [2.05, 4.69) is 5.32 Å². The maximum atomic E-state index is 11.3. The number of hydrogen-bond acceptors (Lipinski definition) is 2. The van der Waals surface area contributed by atoms with Crippen LogP contribution < -0.4 is 11.1 Å². The van der Waals surface area contributed by atoms with Crippen LogP contribution in [0.25, 0.3) is 0 Å². The monoisotopic (exact) mass is 212 g/mol. The van der Waals surface area contributed by atoms with Crippen molar-refractivity contribution in [2.45, 2.75) is 13.8 Å². The van der Waals surface area contributed by atoms with Crippen molar-refractivity contribution in [2.75, 3.05) is 11.1 Å². The third kappa shape index (κ3) is 2.64. The van der Waals surface area contributed by atoms with E-state index in [4.69, 9.17) is 17.3 Å². The Hall–Kier alpha value is -1.22. The number of halogens is 1. The number of carbonyl (C=O) groups excluding carboxylic acids is 1. The Morgan fingerprint density at radius 1 is 1.50 bits per heavy atom. The largest absolute Gasteiger partial charge is 0.398 e. The van der Waals surface area contributed by atoms with Gasteiger partial charge in [-0.25, -0.2) is 0 Å². The van der Waals surface area contributed by atoms with E-state index in [1.54, 1.807) is 18.2 Å². The van der Waals surface area contributed by atoms with Gasteiger partial charge in [0.1, 0.15) is 0 Å². The van der Waals surface area contributed by atoms with E-state index >= 15 is 0 Å². The van der Waals surface area contributed by atoms with E-state index in [1.807, 2.05) is 13.8 Å². The molecule has 1 aromatic rings. The van der Waals surface area contributed by atoms with E-state index in [0.29, 0.717) is 16.4 Å². The van der Waals surface area contributed by atoms with Crippen LogP contribution in [0.5, 0.6) is 0 Å². The lowest BCUT2D eigenvalue weighted by atomic mass is 10.2. The zero-order valence-corrected chi connectivity index (χ0v) is 8.93. The third-order valence-corrected chi connectivity index (χ3v) is 2.12. The van der Waals surface area contributed by atoms with Crippen LogP contribution in [0.3, 0.4) is 0 Å². The summed E-state index contributed by atoms with van der Waals surface area (Å²) in [5.74, 6) is -0.0860. The minimum absolute atomic E-state index is 0.0363. The van der Waals surface area contributed by atoms with Crippen LogP contribution in [-0.2, 0) is 4.79 Å². The molecule has 1 amide bonds. The van der Waals surface area contributed by atoms with Crippen LogP contribution in [-0.4, -0.2) is 5.91 Å². The fraction of sp³-hybridized carbons (Fsp3) is 0.300. The first kappa shape index (κ1) is 10.9. The van der Waals surface area contributed by atoms with Gasteiger partial charge >= 0.3 is 0 Å². The summed E-state index contributed by atoms with van der Waals surface area (Å²) in [7, 11) is 0. The van der Waals surface area contributed by atoms with Crippen molar-refractivity contribution in [2.24, 2.45) is 5.92 Å². The summed E-state index contributed by atoms with van der Waals surface area (Å²) in [5.41, 5.74) is 6.71. The van der Waals surface area contributed by atoms with Gasteiger partial charge in [0.25, 0.3) is 0 Å². The molecule has 76 valence electrons. The molecule has 0 bridgehead atoms. The van der Waals surface area contributed by atoms with Gasteiger partial charge in [0.05, 0.1) is 10.7 Å². The van der Waals surface area contributed by atoms with Crippen molar-refractivity contribution in [3.8, 4) is 0 Å². The first-order valence-corrected chi connectivity index (χ1v) is 4.74. The van der Waals surface area contributed by atoms with Gasteiger partial charge in [0.2, 0.25) is 5.91 Å². The van der Waals surface area contributed by atoms with Crippen LogP contribution in [0.4, 0.5) is 11.4 Å². The Bertz CT molecular complexity index is 350. The number of nitrogens with one attached hydrogen (secondary N) is 1. The molecule has 0 saturated heterocycles. The number of carbonyl (C=O) groups is 1. The number of anilines is 2. The number of rotatable bonds is 2. The van der Waals surface area contributed by atoms with Crippen molar-refractivity contribution < 1.29 is 4.79 Å². The molecule has 0 fully saturated rings. The maximum Gasteiger partial charge on any atom is 0.226 e. The highest BCUT2D eigenvalue weighted by atomic mass is 35.5. The summed E-state index contributed by atoms with van der Waals surface area (Å²) < 4.78 is 0. The highest BCUT2D eigenvalue weighted by molar-refractivity contribution is 6.33. The maximum absolute atomic E-state index is 11.3. The predicted molar refractivity (Wildman–Crippen MR) is 59.3 cm³/mol. The Morgan fingerprint density at radius 2 is 2.14 bits per heavy atom. The van der Waals surface area contributed by atoms with E-state index in [9.17, 15) is 4.79 Å². The molecule has 14 heavy (non-hydrogen) atoms. The summed E-state index contributed by atoms with van der Waals surface area (Å²) in [6.07, 6.45) is 0. The van der Waals surface area contributed by atoms with Gasteiger partial charge in [0.15, 0.2) is 0 Å². The molecule has 0 heterocycles. The molecule has 1 aromatic carbocycles. The minimum Gasteiger partial charge on any atom is -0.398 e. The lowest BCUT2D eigenvalue weighted by Crippen LogP contribution is -2.17. The topological polar surface area (TPSA) is 55.1 Å². The number of nitrogens with two attached hydrogens (primary N) is 1. The molecule has 0 atom stereocenters. The first-order chi connectivity index (χ1) is 6.50. The van der Waals surface area contributed by atoms with Gasteiger partial charge in [-0.2, -0.15) is 0 Å². The molecule has 0 radical (unpaired) electrons. The minimum atomic E-state index is -0.0497. The molecular weight excluding hydrogens is 200 g/mol. The summed E-state index contributed by atoms with van der Waals surface area (Å²) in [6.45, 7) is 3.66. The molecular formula is C10H13ClN2O. The zero-order valence-electron chi connectivity index (χ0n) is 8.17.